The summed E-state index contributed by atoms with van der Waals surface area (Å²) in [5, 5.41) is 0. The van der Waals surface area contributed by atoms with Crippen molar-refractivity contribution in [2.24, 2.45) is 0 Å². The van der Waals surface area contributed by atoms with Gasteiger partial charge in [0.25, 0.3) is 11.1 Å². The van der Waals surface area contributed by atoms with Crippen molar-refractivity contribution in [1.29, 1.82) is 9.56 Å². The number of aryl methyl sites for hydroxylation is 3. The van der Waals surface area contributed by atoms with Crippen LogP contribution in [0.5, 0.6) is 23.3 Å². The molecule has 0 aliphatic heterocycles. The summed E-state index contributed by atoms with van der Waals surface area (Å²) in [4.78, 5) is 38.5. The average Bonchev–Trinajstić information content (AvgIpc) is 3.74. The van der Waals surface area contributed by atoms with E-state index in [1.165, 1.54) is 43.2 Å². The molecule has 0 saturated carbocycles. The SMILES string of the molecule is CCS(=N)(=O)Cc1cnc(Oc2ccc(F)cc2F)c(-c2cc(C)c3c(=O)[nH]ccn23)c1.Cc1ccc(Oc2ncc(CS(C)(=N)=O)cc2-c2cc(C)c3c(=O)[nH]ccn23)c(F)c1. The molecule has 326 valence electrons. The second-order valence-electron chi connectivity index (χ2n) is 14.9. The summed E-state index contributed by atoms with van der Waals surface area (Å²) >= 11 is 0. The van der Waals surface area contributed by atoms with Gasteiger partial charge in [-0.05, 0) is 97.1 Å². The lowest BCUT2D eigenvalue weighted by molar-refractivity contribution is 0.425. The zero-order valence-corrected chi connectivity index (χ0v) is 36.2. The van der Waals surface area contributed by atoms with Crippen LogP contribution in [0.4, 0.5) is 13.2 Å². The third-order valence-electron chi connectivity index (χ3n) is 9.83. The molecule has 0 saturated heterocycles. The second kappa shape index (κ2) is 17.4. The summed E-state index contributed by atoms with van der Waals surface area (Å²) in [6, 6.07) is 14.5. The Morgan fingerprint density at radius 3 is 1.62 bits per heavy atom. The molecule has 4 N–H and O–H groups in total. The van der Waals surface area contributed by atoms with Crippen molar-refractivity contribution < 1.29 is 31.1 Å². The molecule has 14 nitrogen and oxygen atoms in total. The van der Waals surface area contributed by atoms with Crippen LogP contribution in [0, 0.1) is 47.8 Å². The van der Waals surface area contributed by atoms with Gasteiger partial charge in [-0.25, -0.2) is 31.6 Å². The first kappa shape index (κ1) is 44.1. The maximum absolute atomic E-state index is 14.4. The number of halogens is 3. The molecule has 0 aliphatic rings. The van der Waals surface area contributed by atoms with Gasteiger partial charge in [0.15, 0.2) is 23.1 Å². The summed E-state index contributed by atoms with van der Waals surface area (Å²) in [5.74, 6) is -2.03. The zero-order chi connectivity index (χ0) is 45.4. The predicted octanol–water partition coefficient (Wildman–Crippen LogP) is 9.05. The highest BCUT2D eigenvalue weighted by Crippen LogP contribution is 2.37. The first-order valence-corrected chi connectivity index (χ1v) is 23.2. The highest BCUT2D eigenvalue weighted by Gasteiger charge is 2.21. The van der Waals surface area contributed by atoms with Gasteiger partial charge in [-0.15, -0.1) is 0 Å². The normalized spacial score (nSPS) is 13.3. The number of pyridine rings is 2. The second-order valence-corrected chi connectivity index (χ2v) is 19.7. The smallest absolute Gasteiger partial charge is 0.272 e. The number of hydrogen-bond acceptors (Lipinski definition) is 10. The number of H-pyrrole nitrogens is 2. The van der Waals surface area contributed by atoms with E-state index in [9.17, 15) is 31.2 Å². The fourth-order valence-corrected chi connectivity index (χ4v) is 8.64. The largest absolute Gasteiger partial charge is 0.435 e. The molecular formula is C44H41F3N8O6S2. The number of aromatic nitrogens is 6. The third kappa shape index (κ3) is 9.74. The maximum Gasteiger partial charge on any atom is 0.272 e. The Morgan fingerprint density at radius 1 is 0.683 bits per heavy atom. The zero-order valence-electron chi connectivity index (χ0n) is 34.5. The third-order valence-corrected chi connectivity index (χ3v) is 12.4. The predicted molar refractivity (Wildman–Crippen MR) is 235 cm³/mol. The monoisotopic (exact) mass is 898 g/mol. The molecule has 0 spiro atoms. The molecule has 8 rings (SSSR count). The summed E-state index contributed by atoms with van der Waals surface area (Å²) in [6.45, 7) is 7.05. The summed E-state index contributed by atoms with van der Waals surface area (Å²) in [6.07, 6.45) is 10.6. The van der Waals surface area contributed by atoms with Crippen molar-refractivity contribution >= 4 is 30.5 Å². The molecule has 2 aromatic carbocycles. The number of rotatable bonds is 11. The highest BCUT2D eigenvalue weighted by molar-refractivity contribution is 7.91. The fourth-order valence-electron chi connectivity index (χ4n) is 6.94. The van der Waals surface area contributed by atoms with Gasteiger partial charge in [-0.2, -0.15) is 0 Å². The molecule has 0 amide bonds. The number of nitrogens with one attached hydrogen (secondary N) is 4. The van der Waals surface area contributed by atoms with Crippen LogP contribution in [-0.4, -0.2) is 49.2 Å². The van der Waals surface area contributed by atoms with E-state index >= 15 is 0 Å². The van der Waals surface area contributed by atoms with Crippen LogP contribution in [0.15, 0.2) is 107 Å². The molecule has 6 aromatic heterocycles. The molecule has 63 heavy (non-hydrogen) atoms. The van der Waals surface area contributed by atoms with E-state index in [-0.39, 0.29) is 51.6 Å². The van der Waals surface area contributed by atoms with Gasteiger partial charge in [0.1, 0.15) is 16.9 Å². The van der Waals surface area contributed by atoms with Crippen LogP contribution in [-0.2, 0) is 31.0 Å². The number of aromatic amines is 2. The van der Waals surface area contributed by atoms with E-state index in [4.69, 9.17) is 19.0 Å². The summed E-state index contributed by atoms with van der Waals surface area (Å²) in [7, 11) is -5.65. The van der Waals surface area contributed by atoms with Crippen molar-refractivity contribution in [3.63, 3.8) is 0 Å². The molecule has 19 heteroatoms. The van der Waals surface area contributed by atoms with Gasteiger partial charge < -0.3 is 28.2 Å². The lowest BCUT2D eigenvalue weighted by Crippen LogP contribution is -2.09. The first-order valence-electron chi connectivity index (χ1n) is 19.2. The minimum atomic E-state index is -2.84. The van der Waals surface area contributed by atoms with Gasteiger partial charge in [-0.3, -0.25) is 19.1 Å². The van der Waals surface area contributed by atoms with Crippen molar-refractivity contribution in [3.05, 3.63) is 164 Å². The lowest BCUT2D eigenvalue weighted by Gasteiger charge is -2.13. The van der Waals surface area contributed by atoms with E-state index in [2.05, 4.69) is 19.9 Å². The van der Waals surface area contributed by atoms with E-state index < -0.39 is 36.9 Å². The van der Waals surface area contributed by atoms with Crippen molar-refractivity contribution in [2.75, 3.05) is 12.0 Å². The molecule has 2 atom stereocenters. The quantitative estimate of drug-likeness (QED) is 0.0985. The Labute approximate surface area is 359 Å². The van der Waals surface area contributed by atoms with Crippen LogP contribution >= 0.6 is 0 Å². The Bertz CT molecular complexity index is 3420. The molecule has 0 aliphatic carbocycles. The number of fused-ring (bicyclic) bond motifs is 2. The van der Waals surface area contributed by atoms with Gasteiger partial charge in [-0.1, -0.05) is 13.0 Å². The van der Waals surface area contributed by atoms with E-state index in [0.717, 1.165) is 23.3 Å². The average molecular weight is 899 g/mol. The fraction of sp³-hybridized carbons (Fsp3) is 0.182. The Morgan fingerprint density at radius 2 is 1.16 bits per heavy atom. The lowest BCUT2D eigenvalue weighted by atomic mass is 10.1. The van der Waals surface area contributed by atoms with E-state index in [0.29, 0.717) is 56.3 Å². The standard InChI is InChI=1S/C22H20F2N4O3S.C22H21FN4O3S/c1-3-32(25,30)12-14-9-16(18-8-13(2)20-21(29)26-6-7-28(18)20)22(27-11-14)31-19-5-4-15(23)10-17(19)24;1-13-4-5-19(17(23)8-13)30-22-16(10-15(11-26-22)12-31(3,24)29)18-9-14(2)20-21(28)25-6-7-27(18)20/h4-11,25H,3,12H2,1-2H3,(H,26,29);4-11,24H,12H2,1-3H3,(H,25,28). The topological polar surface area (TPSA) is 201 Å². The van der Waals surface area contributed by atoms with Crippen LogP contribution in [0.25, 0.3) is 33.5 Å². The van der Waals surface area contributed by atoms with Gasteiger partial charge in [0, 0.05) is 74.7 Å². The number of hydrogen-bond donors (Lipinski definition) is 4. The number of benzene rings is 2. The molecule has 2 unspecified atom stereocenters. The molecule has 0 fully saturated rings. The van der Waals surface area contributed by atoms with Crippen LogP contribution in [0.1, 0.15) is 34.7 Å². The maximum atomic E-state index is 14.4. The molecule has 6 heterocycles. The van der Waals surface area contributed by atoms with E-state index in [1.807, 2.05) is 13.0 Å². The highest BCUT2D eigenvalue weighted by atomic mass is 32.2. The van der Waals surface area contributed by atoms with Crippen LogP contribution in [0.2, 0.25) is 0 Å². The number of ether oxygens (including phenoxy) is 2. The van der Waals surface area contributed by atoms with Crippen molar-refractivity contribution in [2.45, 2.75) is 39.2 Å². The molecule has 0 bridgehead atoms. The minimum absolute atomic E-state index is 0.00897. The van der Waals surface area contributed by atoms with Gasteiger partial charge in [0.05, 0.1) is 34.0 Å². The van der Waals surface area contributed by atoms with Crippen LogP contribution in [0.3, 0.4) is 0 Å². The van der Waals surface area contributed by atoms with E-state index in [1.54, 1.807) is 66.2 Å². The van der Waals surface area contributed by atoms with Crippen LogP contribution < -0.4 is 20.6 Å². The minimum Gasteiger partial charge on any atom is -0.435 e. The Kier molecular flexibility index (Phi) is 12.2. The Balaban J connectivity index is 0.000000189. The van der Waals surface area contributed by atoms with Crippen molar-refractivity contribution in [1.82, 2.24) is 28.7 Å². The summed E-state index contributed by atoms with van der Waals surface area (Å²) in [5.41, 5.74) is 5.73. The first-order chi connectivity index (χ1) is 29.8. The molecular weight excluding hydrogens is 858 g/mol. The Hall–Kier alpha value is -6.99. The van der Waals surface area contributed by atoms with Gasteiger partial charge >= 0.3 is 0 Å². The van der Waals surface area contributed by atoms with Gasteiger partial charge in [0.2, 0.25) is 11.8 Å². The number of nitrogens with zero attached hydrogens (tertiary/aromatic N) is 4. The summed E-state index contributed by atoms with van der Waals surface area (Å²) < 4.78 is 96.9. The molecule has 0 radical (unpaired) electrons. The van der Waals surface area contributed by atoms with Crippen molar-refractivity contribution in [3.8, 4) is 45.8 Å². The molecule has 8 aromatic rings.